The molecule has 2 rings (SSSR count). The second kappa shape index (κ2) is 4.20. The van der Waals surface area contributed by atoms with Crippen LogP contribution in [0.1, 0.15) is 24.4 Å². The Hall–Kier alpha value is -0.730. The quantitative estimate of drug-likeness (QED) is 0.772. The summed E-state index contributed by atoms with van der Waals surface area (Å²) in [6, 6.07) is 6.29. The molecule has 1 atom stereocenters. The highest BCUT2D eigenvalue weighted by atomic mass is 35.5. The minimum atomic E-state index is 0.367. The van der Waals surface area contributed by atoms with Crippen LogP contribution in [0.3, 0.4) is 0 Å². The fourth-order valence-corrected chi connectivity index (χ4v) is 2.11. The van der Waals surface area contributed by atoms with E-state index in [1.54, 1.807) is 0 Å². The zero-order valence-electron chi connectivity index (χ0n) is 8.22. The molecule has 0 bridgehead atoms. The number of fused-ring (bicyclic) bond motifs is 1. The van der Waals surface area contributed by atoms with Crippen molar-refractivity contribution < 1.29 is 4.74 Å². The third kappa shape index (κ3) is 1.72. The van der Waals surface area contributed by atoms with Crippen LogP contribution in [0.2, 0.25) is 5.02 Å². The summed E-state index contributed by atoms with van der Waals surface area (Å²) in [4.78, 5) is 0. The number of rotatable bonds is 1. The normalized spacial score (nSPS) is 20.9. The average molecular weight is 212 g/mol. The molecule has 1 N–H and O–H groups in total. The van der Waals surface area contributed by atoms with Gasteiger partial charge in [-0.05, 0) is 26.0 Å². The second-order valence-corrected chi connectivity index (χ2v) is 3.90. The predicted octanol–water partition coefficient (Wildman–Crippen LogP) is 2.77. The van der Waals surface area contributed by atoms with E-state index < -0.39 is 0 Å². The Morgan fingerprint density at radius 3 is 3.14 bits per heavy atom. The monoisotopic (exact) mass is 211 g/mol. The van der Waals surface area contributed by atoms with Gasteiger partial charge in [0.1, 0.15) is 5.75 Å². The molecule has 1 aromatic rings. The SMILES string of the molecule is CNC1CCCOc2c(Cl)cccc21. The largest absolute Gasteiger partial charge is 0.492 e. The Kier molecular flexibility index (Phi) is 2.94. The predicted molar refractivity (Wildman–Crippen MR) is 58.0 cm³/mol. The van der Waals surface area contributed by atoms with Crippen LogP contribution in [0.5, 0.6) is 5.75 Å². The summed E-state index contributed by atoms with van der Waals surface area (Å²) < 4.78 is 5.64. The first-order valence-electron chi connectivity index (χ1n) is 4.91. The van der Waals surface area contributed by atoms with Crippen LogP contribution < -0.4 is 10.1 Å². The molecule has 0 amide bonds. The summed E-state index contributed by atoms with van der Waals surface area (Å²) in [6.45, 7) is 0.759. The van der Waals surface area contributed by atoms with E-state index in [1.165, 1.54) is 5.56 Å². The van der Waals surface area contributed by atoms with Crippen molar-refractivity contribution >= 4 is 11.6 Å². The van der Waals surface area contributed by atoms with Gasteiger partial charge in [-0.25, -0.2) is 0 Å². The van der Waals surface area contributed by atoms with Crippen LogP contribution in [0, 0.1) is 0 Å². The molecule has 14 heavy (non-hydrogen) atoms. The van der Waals surface area contributed by atoms with E-state index in [4.69, 9.17) is 16.3 Å². The average Bonchev–Trinajstić information content (AvgIpc) is 2.40. The molecule has 0 saturated carbocycles. The summed E-state index contributed by atoms with van der Waals surface area (Å²) in [5.74, 6) is 0.853. The van der Waals surface area contributed by atoms with Gasteiger partial charge in [-0.15, -0.1) is 0 Å². The smallest absolute Gasteiger partial charge is 0.142 e. The Morgan fingerprint density at radius 2 is 2.36 bits per heavy atom. The zero-order valence-corrected chi connectivity index (χ0v) is 8.97. The van der Waals surface area contributed by atoms with Crippen molar-refractivity contribution in [3.8, 4) is 5.75 Å². The first kappa shape index (κ1) is 9.81. The number of hydrogen-bond donors (Lipinski definition) is 1. The van der Waals surface area contributed by atoms with Gasteiger partial charge in [0.15, 0.2) is 0 Å². The molecule has 3 heteroatoms. The number of benzene rings is 1. The van der Waals surface area contributed by atoms with E-state index in [0.717, 1.165) is 25.2 Å². The first-order chi connectivity index (χ1) is 6.83. The maximum absolute atomic E-state index is 6.08. The molecule has 2 nitrogen and oxygen atoms in total. The van der Waals surface area contributed by atoms with Gasteiger partial charge in [0, 0.05) is 11.6 Å². The summed E-state index contributed by atoms with van der Waals surface area (Å²) >= 11 is 6.08. The van der Waals surface area contributed by atoms with Crippen LogP contribution in [0.15, 0.2) is 18.2 Å². The fraction of sp³-hybridized carbons (Fsp3) is 0.455. The Labute approximate surface area is 89.2 Å². The Balaban J connectivity index is 2.44. The van der Waals surface area contributed by atoms with Crippen molar-refractivity contribution in [3.05, 3.63) is 28.8 Å². The van der Waals surface area contributed by atoms with Crippen molar-refractivity contribution in [2.45, 2.75) is 18.9 Å². The van der Waals surface area contributed by atoms with Gasteiger partial charge in [0.25, 0.3) is 0 Å². The molecule has 1 aliphatic heterocycles. The number of nitrogens with one attached hydrogen (secondary N) is 1. The summed E-state index contributed by atoms with van der Waals surface area (Å²) in [6.07, 6.45) is 2.17. The van der Waals surface area contributed by atoms with E-state index in [0.29, 0.717) is 11.1 Å². The number of para-hydroxylation sites is 1. The molecule has 0 saturated heterocycles. The van der Waals surface area contributed by atoms with E-state index in [9.17, 15) is 0 Å². The van der Waals surface area contributed by atoms with Gasteiger partial charge < -0.3 is 10.1 Å². The lowest BCUT2D eigenvalue weighted by atomic mass is 10.0. The van der Waals surface area contributed by atoms with Crippen molar-refractivity contribution in [1.29, 1.82) is 0 Å². The van der Waals surface area contributed by atoms with Gasteiger partial charge >= 0.3 is 0 Å². The summed E-state index contributed by atoms with van der Waals surface area (Å²) in [5, 5.41) is 4.00. The van der Waals surface area contributed by atoms with E-state index >= 15 is 0 Å². The number of halogens is 1. The van der Waals surface area contributed by atoms with Gasteiger partial charge in [-0.2, -0.15) is 0 Å². The van der Waals surface area contributed by atoms with Crippen molar-refractivity contribution in [1.82, 2.24) is 5.32 Å². The molecule has 1 aromatic carbocycles. The van der Waals surface area contributed by atoms with Crippen LogP contribution in [-0.2, 0) is 0 Å². The summed E-state index contributed by atoms with van der Waals surface area (Å²) in [5.41, 5.74) is 1.18. The standard InChI is InChI=1S/C11H14ClNO/c1-13-10-6-3-7-14-11-8(10)4-2-5-9(11)12/h2,4-5,10,13H,3,6-7H2,1H3. The molecule has 1 aliphatic rings. The fourth-order valence-electron chi connectivity index (χ4n) is 1.87. The maximum Gasteiger partial charge on any atom is 0.142 e. The third-order valence-electron chi connectivity index (χ3n) is 2.60. The molecule has 1 unspecified atom stereocenters. The lowest BCUT2D eigenvalue weighted by Gasteiger charge is -2.16. The number of hydrogen-bond acceptors (Lipinski definition) is 2. The van der Waals surface area contributed by atoms with Crippen molar-refractivity contribution in [2.24, 2.45) is 0 Å². The first-order valence-corrected chi connectivity index (χ1v) is 5.29. The van der Waals surface area contributed by atoms with Crippen molar-refractivity contribution in [2.75, 3.05) is 13.7 Å². The highest BCUT2D eigenvalue weighted by molar-refractivity contribution is 6.32. The van der Waals surface area contributed by atoms with E-state index in [2.05, 4.69) is 11.4 Å². The molecule has 0 aliphatic carbocycles. The molecular formula is C11H14ClNO. The highest BCUT2D eigenvalue weighted by Crippen LogP contribution is 2.36. The van der Waals surface area contributed by atoms with Gasteiger partial charge in [-0.3, -0.25) is 0 Å². The molecule has 1 heterocycles. The van der Waals surface area contributed by atoms with Crippen LogP contribution in [-0.4, -0.2) is 13.7 Å². The molecule has 0 radical (unpaired) electrons. The Morgan fingerprint density at radius 1 is 1.50 bits per heavy atom. The Bertz CT molecular complexity index is 327. The minimum absolute atomic E-state index is 0.367. The minimum Gasteiger partial charge on any atom is -0.492 e. The van der Waals surface area contributed by atoms with Crippen LogP contribution in [0.25, 0.3) is 0 Å². The van der Waals surface area contributed by atoms with Gasteiger partial charge in [0.05, 0.1) is 11.6 Å². The van der Waals surface area contributed by atoms with Crippen molar-refractivity contribution in [3.63, 3.8) is 0 Å². The van der Waals surface area contributed by atoms with Gasteiger partial charge in [0.2, 0.25) is 0 Å². The highest BCUT2D eigenvalue weighted by Gasteiger charge is 2.19. The maximum atomic E-state index is 6.08. The number of ether oxygens (including phenoxy) is 1. The van der Waals surface area contributed by atoms with E-state index in [1.807, 2.05) is 19.2 Å². The second-order valence-electron chi connectivity index (χ2n) is 3.49. The zero-order chi connectivity index (χ0) is 9.97. The molecule has 0 aromatic heterocycles. The molecular weight excluding hydrogens is 198 g/mol. The van der Waals surface area contributed by atoms with Crippen LogP contribution >= 0.6 is 11.6 Å². The lowest BCUT2D eigenvalue weighted by molar-refractivity contribution is 0.315. The molecule has 0 spiro atoms. The molecule has 76 valence electrons. The lowest BCUT2D eigenvalue weighted by Crippen LogP contribution is -2.15. The van der Waals surface area contributed by atoms with Gasteiger partial charge in [-0.1, -0.05) is 23.7 Å². The summed E-state index contributed by atoms with van der Waals surface area (Å²) in [7, 11) is 1.97. The van der Waals surface area contributed by atoms with Crippen LogP contribution in [0.4, 0.5) is 0 Å². The van der Waals surface area contributed by atoms with E-state index in [-0.39, 0.29) is 0 Å². The third-order valence-corrected chi connectivity index (χ3v) is 2.90. The molecule has 0 fully saturated rings. The topological polar surface area (TPSA) is 21.3 Å².